The standard InChI is InChI=1S/C19H17N5OS2/c1-24-7-6-12-10(9-24)8-11-15(20)16(27-18(11)21-12)17(25)23-19-22-13-4-2-3-5-14(13)26-19/h2-5,8H,6-7,9,20H2,1H3,(H,22,23,25). The van der Waals surface area contributed by atoms with Crippen LogP contribution in [0.25, 0.3) is 20.4 Å². The predicted molar refractivity (Wildman–Crippen MR) is 112 cm³/mol. The molecule has 136 valence electrons. The number of fused-ring (bicyclic) bond motifs is 3. The first kappa shape index (κ1) is 16.6. The summed E-state index contributed by atoms with van der Waals surface area (Å²) in [6.07, 6.45) is 0.923. The lowest BCUT2D eigenvalue weighted by atomic mass is 10.0. The predicted octanol–water partition coefficient (Wildman–Crippen LogP) is 3.73. The van der Waals surface area contributed by atoms with Gasteiger partial charge in [-0.05, 0) is 30.8 Å². The molecule has 6 nitrogen and oxygen atoms in total. The fourth-order valence-corrected chi connectivity index (χ4v) is 5.24. The van der Waals surface area contributed by atoms with Gasteiger partial charge in [0.1, 0.15) is 9.71 Å². The number of nitrogens with zero attached hydrogens (tertiary/aromatic N) is 3. The summed E-state index contributed by atoms with van der Waals surface area (Å²) in [6.45, 7) is 1.86. The maximum atomic E-state index is 12.8. The molecule has 5 rings (SSSR count). The van der Waals surface area contributed by atoms with Crippen molar-refractivity contribution in [1.29, 1.82) is 0 Å². The summed E-state index contributed by atoms with van der Waals surface area (Å²) in [5, 5.41) is 4.33. The highest BCUT2D eigenvalue weighted by Crippen LogP contribution is 2.36. The number of likely N-dealkylation sites (N-methyl/N-ethyl adjacent to an activating group) is 1. The Morgan fingerprint density at radius 3 is 2.96 bits per heavy atom. The van der Waals surface area contributed by atoms with Crippen LogP contribution in [-0.2, 0) is 13.0 Å². The number of carbonyl (C=O) groups excluding carboxylic acids is 1. The molecule has 1 amide bonds. The highest BCUT2D eigenvalue weighted by atomic mass is 32.1. The van der Waals surface area contributed by atoms with Gasteiger partial charge in [0.15, 0.2) is 5.13 Å². The normalized spacial score (nSPS) is 14.6. The Morgan fingerprint density at radius 1 is 1.26 bits per heavy atom. The summed E-state index contributed by atoms with van der Waals surface area (Å²) < 4.78 is 1.04. The van der Waals surface area contributed by atoms with Crippen molar-refractivity contribution in [3.8, 4) is 0 Å². The maximum absolute atomic E-state index is 12.8. The summed E-state index contributed by atoms with van der Waals surface area (Å²) in [4.78, 5) is 25.6. The number of aromatic nitrogens is 2. The van der Waals surface area contributed by atoms with Crippen LogP contribution >= 0.6 is 22.7 Å². The molecule has 1 aliphatic rings. The van der Waals surface area contributed by atoms with E-state index in [2.05, 4.69) is 28.3 Å². The van der Waals surface area contributed by atoms with Crippen LogP contribution in [0.3, 0.4) is 0 Å². The zero-order valence-corrected chi connectivity index (χ0v) is 16.3. The second-order valence-corrected chi connectivity index (χ2v) is 8.75. The molecule has 3 N–H and O–H groups in total. The van der Waals surface area contributed by atoms with Crippen LogP contribution in [0.15, 0.2) is 30.3 Å². The van der Waals surface area contributed by atoms with Gasteiger partial charge in [0.25, 0.3) is 5.91 Å². The lowest BCUT2D eigenvalue weighted by molar-refractivity contribution is 0.103. The molecule has 0 radical (unpaired) electrons. The molecular formula is C19H17N5OS2. The fourth-order valence-electron chi connectivity index (χ4n) is 3.39. The topological polar surface area (TPSA) is 84.1 Å². The van der Waals surface area contributed by atoms with E-state index >= 15 is 0 Å². The zero-order chi connectivity index (χ0) is 18.5. The Labute approximate surface area is 163 Å². The number of nitrogens with one attached hydrogen (secondary N) is 1. The Kier molecular flexibility index (Phi) is 3.85. The van der Waals surface area contributed by atoms with Crippen molar-refractivity contribution < 1.29 is 4.79 Å². The summed E-state index contributed by atoms with van der Waals surface area (Å²) >= 11 is 2.80. The third-order valence-electron chi connectivity index (χ3n) is 4.78. The second kappa shape index (κ2) is 6.26. The first-order chi connectivity index (χ1) is 13.1. The first-order valence-corrected chi connectivity index (χ1v) is 10.3. The van der Waals surface area contributed by atoms with Gasteiger partial charge in [-0.1, -0.05) is 23.5 Å². The maximum Gasteiger partial charge on any atom is 0.269 e. The van der Waals surface area contributed by atoms with Gasteiger partial charge >= 0.3 is 0 Å². The van der Waals surface area contributed by atoms with Gasteiger partial charge in [0.05, 0.1) is 15.9 Å². The molecule has 0 saturated heterocycles. The Balaban J connectivity index is 1.50. The SMILES string of the molecule is CN1CCc2nc3sc(C(=O)Nc4nc5ccccc5s4)c(N)c3cc2C1. The van der Waals surface area contributed by atoms with Crippen molar-refractivity contribution in [2.45, 2.75) is 13.0 Å². The van der Waals surface area contributed by atoms with Crippen molar-refractivity contribution in [2.24, 2.45) is 0 Å². The molecule has 4 aromatic rings. The van der Waals surface area contributed by atoms with E-state index < -0.39 is 0 Å². The molecule has 27 heavy (non-hydrogen) atoms. The molecule has 0 spiro atoms. The van der Waals surface area contributed by atoms with E-state index in [-0.39, 0.29) is 5.91 Å². The van der Waals surface area contributed by atoms with Crippen molar-refractivity contribution in [2.75, 3.05) is 24.6 Å². The van der Waals surface area contributed by atoms with Crippen LogP contribution in [-0.4, -0.2) is 34.4 Å². The minimum absolute atomic E-state index is 0.232. The third-order valence-corrected chi connectivity index (χ3v) is 6.85. The van der Waals surface area contributed by atoms with E-state index in [4.69, 9.17) is 10.7 Å². The summed E-state index contributed by atoms with van der Waals surface area (Å²) in [6, 6.07) is 9.90. The van der Waals surface area contributed by atoms with Crippen LogP contribution in [0, 0.1) is 0 Å². The summed E-state index contributed by atoms with van der Waals surface area (Å²) in [7, 11) is 2.10. The molecule has 0 saturated carbocycles. The number of thiazole rings is 1. The van der Waals surface area contributed by atoms with Gasteiger partial charge in [0, 0.05) is 30.6 Å². The van der Waals surface area contributed by atoms with Crippen LogP contribution in [0.1, 0.15) is 20.9 Å². The van der Waals surface area contributed by atoms with E-state index in [9.17, 15) is 4.79 Å². The molecule has 8 heteroatoms. The molecule has 0 unspecified atom stereocenters. The number of hydrogen-bond donors (Lipinski definition) is 2. The number of carbonyl (C=O) groups is 1. The molecular weight excluding hydrogens is 378 g/mol. The third kappa shape index (κ3) is 2.86. The molecule has 0 aliphatic carbocycles. The monoisotopic (exact) mass is 395 g/mol. The minimum Gasteiger partial charge on any atom is -0.397 e. The number of hydrogen-bond acceptors (Lipinski definition) is 7. The quantitative estimate of drug-likeness (QED) is 0.540. The second-order valence-electron chi connectivity index (χ2n) is 6.72. The van der Waals surface area contributed by atoms with Crippen LogP contribution < -0.4 is 11.1 Å². The number of anilines is 2. The molecule has 3 aromatic heterocycles. The average molecular weight is 396 g/mol. The van der Waals surface area contributed by atoms with Crippen LogP contribution in [0.4, 0.5) is 10.8 Å². The van der Waals surface area contributed by atoms with Gasteiger partial charge in [-0.25, -0.2) is 9.97 Å². The van der Waals surface area contributed by atoms with Gasteiger partial charge in [0.2, 0.25) is 0 Å². The largest absolute Gasteiger partial charge is 0.397 e. The minimum atomic E-state index is -0.232. The lowest BCUT2D eigenvalue weighted by Gasteiger charge is -2.24. The molecule has 0 bridgehead atoms. The zero-order valence-electron chi connectivity index (χ0n) is 14.7. The Morgan fingerprint density at radius 2 is 2.11 bits per heavy atom. The number of nitrogens with two attached hydrogens (primary N) is 1. The number of para-hydroxylation sites is 1. The van der Waals surface area contributed by atoms with Crippen molar-refractivity contribution in [3.63, 3.8) is 0 Å². The number of amides is 1. The van der Waals surface area contributed by atoms with E-state index in [1.165, 1.54) is 28.2 Å². The molecule has 0 atom stereocenters. The van der Waals surface area contributed by atoms with Crippen molar-refractivity contribution in [3.05, 3.63) is 46.5 Å². The number of thiophene rings is 1. The van der Waals surface area contributed by atoms with E-state index in [0.29, 0.717) is 15.7 Å². The van der Waals surface area contributed by atoms with E-state index in [1.807, 2.05) is 24.3 Å². The van der Waals surface area contributed by atoms with Gasteiger partial charge in [-0.2, -0.15) is 0 Å². The van der Waals surface area contributed by atoms with E-state index in [1.54, 1.807) is 0 Å². The van der Waals surface area contributed by atoms with Gasteiger partial charge in [-0.15, -0.1) is 11.3 Å². The number of pyridine rings is 1. The van der Waals surface area contributed by atoms with Crippen LogP contribution in [0.5, 0.6) is 0 Å². The number of benzene rings is 1. The smallest absolute Gasteiger partial charge is 0.269 e. The molecule has 1 aliphatic heterocycles. The van der Waals surface area contributed by atoms with Crippen molar-refractivity contribution >= 4 is 59.8 Å². The highest BCUT2D eigenvalue weighted by Gasteiger charge is 2.22. The Hall–Kier alpha value is -2.55. The average Bonchev–Trinajstić information content (AvgIpc) is 3.20. The first-order valence-electron chi connectivity index (χ1n) is 8.65. The summed E-state index contributed by atoms with van der Waals surface area (Å²) in [5.74, 6) is -0.232. The summed E-state index contributed by atoms with van der Waals surface area (Å²) in [5.41, 5.74) is 9.99. The lowest BCUT2D eigenvalue weighted by Crippen LogP contribution is -2.27. The molecule has 1 aromatic carbocycles. The van der Waals surface area contributed by atoms with Gasteiger partial charge in [-0.3, -0.25) is 10.1 Å². The number of nitrogen functional groups attached to an aromatic ring is 1. The van der Waals surface area contributed by atoms with Crippen molar-refractivity contribution in [1.82, 2.24) is 14.9 Å². The Bertz CT molecular complexity index is 1160. The van der Waals surface area contributed by atoms with Gasteiger partial charge < -0.3 is 10.6 Å². The number of rotatable bonds is 2. The highest BCUT2D eigenvalue weighted by molar-refractivity contribution is 7.23. The van der Waals surface area contributed by atoms with E-state index in [0.717, 1.165) is 45.6 Å². The molecule has 0 fully saturated rings. The molecule has 4 heterocycles. The fraction of sp³-hybridized carbons (Fsp3) is 0.211. The van der Waals surface area contributed by atoms with Crippen LogP contribution in [0.2, 0.25) is 0 Å².